The molecule has 2 atom stereocenters. The number of aliphatic hydroxyl groups excluding tert-OH is 1. The van der Waals surface area contributed by atoms with Crippen LogP contribution in [0.15, 0.2) is 48.4 Å². The first-order chi connectivity index (χ1) is 15.6. The first-order valence-electron chi connectivity index (χ1n) is 10.4. The molecule has 0 radical (unpaired) electrons. The number of rotatable bonds is 5. The number of nitrogens with one attached hydrogen (secondary N) is 2. The standard InChI is InChI=1S/C24H24FN3O5/c1-12(29)21(23(31)32-4)28-19-8-5-13(11-26-19)16-10-18(33-24(16,2)3)20-15-7-6-14(25)9-17(15)27-22(20)30/h5-12,21,29H,1-4H3,(H,26,28)(H,27,30)/b20-18+/t12-,21+/m1/s1. The fraction of sp³-hybridized carbons (Fsp3) is 0.292. The van der Waals surface area contributed by atoms with E-state index in [1.165, 1.54) is 26.2 Å². The highest BCUT2D eigenvalue weighted by Gasteiger charge is 2.38. The molecular weight excluding hydrogens is 429 g/mol. The summed E-state index contributed by atoms with van der Waals surface area (Å²) in [5.74, 6) is -0.621. The Balaban J connectivity index is 1.66. The third-order valence-corrected chi connectivity index (χ3v) is 5.58. The van der Waals surface area contributed by atoms with Gasteiger partial charge in [0.1, 0.15) is 23.0 Å². The largest absolute Gasteiger partial charge is 0.482 e. The van der Waals surface area contributed by atoms with Crippen LogP contribution in [0.2, 0.25) is 0 Å². The molecule has 2 aliphatic rings. The predicted octanol–water partition coefficient (Wildman–Crippen LogP) is 3.11. The van der Waals surface area contributed by atoms with Crippen LogP contribution in [0.5, 0.6) is 0 Å². The molecule has 4 rings (SSSR count). The van der Waals surface area contributed by atoms with Gasteiger partial charge in [-0.3, -0.25) is 4.79 Å². The average Bonchev–Trinajstić information content (AvgIpc) is 3.25. The minimum absolute atomic E-state index is 0.345. The molecule has 8 nitrogen and oxygen atoms in total. The van der Waals surface area contributed by atoms with Crippen molar-refractivity contribution in [2.24, 2.45) is 0 Å². The van der Waals surface area contributed by atoms with Gasteiger partial charge in [0.05, 0.1) is 24.5 Å². The number of ether oxygens (including phenoxy) is 2. The van der Waals surface area contributed by atoms with Gasteiger partial charge in [-0.15, -0.1) is 0 Å². The van der Waals surface area contributed by atoms with Crippen molar-refractivity contribution in [3.8, 4) is 0 Å². The number of aromatic nitrogens is 1. The topological polar surface area (TPSA) is 110 Å². The zero-order valence-corrected chi connectivity index (χ0v) is 18.6. The molecule has 3 heterocycles. The summed E-state index contributed by atoms with van der Waals surface area (Å²) in [6.07, 6.45) is 2.41. The quantitative estimate of drug-likeness (QED) is 0.471. The second-order valence-corrected chi connectivity index (χ2v) is 8.37. The van der Waals surface area contributed by atoms with E-state index in [1.54, 1.807) is 30.5 Å². The number of carbonyl (C=O) groups is 2. The van der Waals surface area contributed by atoms with Crippen molar-refractivity contribution in [3.05, 3.63) is 65.3 Å². The molecule has 0 bridgehead atoms. The zero-order valence-electron chi connectivity index (χ0n) is 18.6. The van der Waals surface area contributed by atoms with Gasteiger partial charge in [-0.1, -0.05) is 0 Å². The maximum absolute atomic E-state index is 13.6. The maximum Gasteiger partial charge on any atom is 0.331 e. The molecule has 1 aromatic heterocycles. The molecule has 0 unspecified atom stereocenters. The highest BCUT2D eigenvalue weighted by molar-refractivity contribution is 6.32. The van der Waals surface area contributed by atoms with E-state index in [0.717, 1.165) is 11.1 Å². The van der Waals surface area contributed by atoms with Crippen molar-refractivity contribution in [1.29, 1.82) is 0 Å². The maximum atomic E-state index is 13.6. The van der Waals surface area contributed by atoms with Crippen molar-refractivity contribution in [2.45, 2.75) is 38.5 Å². The van der Waals surface area contributed by atoms with Gasteiger partial charge in [-0.2, -0.15) is 0 Å². The van der Waals surface area contributed by atoms with Crippen molar-refractivity contribution in [2.75, 3.05) is 17.7 Å². The Morgan fingerprint density at radius 2 is 2.06 bits per heavy atom. The number of amides is 1. The lowest BCUT2D eigenvalue weighted by Gasteiger charge is -2.24. The minimum Gasteiger partial charge on any atom is -0.482 e. The second-order valence-electron chi connectivity index (χ2n) is 8.37. The van der Waals surface area contributed by atoms with Crippen LogP contribution in [0.1, 0.15) is 31.9 Å². The number of pyridine rings is 1. The first-order valence-corrected chi connectivity index (χ1v) is 10.4. The summed E-state index contributed by atoms with van der Waals surface area (Å²) in [6.45, 7) is 5.22. The van der Waals surface area contributed by atoms with Crippen molar-refractivity contribution in [1.82, 2.24) is 4.98 Å². The minimum atomic E-state index is -0.980. The number of esters is 1. The number of halogens is 1. The molecule has 0 aliphatic carbocycles. The van der Waals surface area contributed by atoms with E-state index in [0.29, 0.717) is 28.4 Å². The van der Waals surface area contributed by atoms with E-state index < -0.39 is 29.5 Å². The smallest absolute Gasteiger partial charge is 0.331 e. The summed E-state index contributed by atoms with van der Waals surface area (Å²) in [6, 6.07) is 6.64. The van der Waals surface area contributed by atoms with E-state index in [2.05, 4.69) is 15.6 Å². The first kappa shape index (κ1) is 22.5. The third-order valence-electron chi connectivity index (χ3n) is 5.58. The van der Waals surface area contributed by atoms with Crippen LogP contribution in [0.3, 0.4) is 0 Å². The molecule has 3 N–H and O–H groups in total. The summed E-state index contributed by atoms with van der Waals surface area (Å²) in [5, 5.41) is 15.4. The van der Waals surface area contributed by atoms with Gasteiger partial charge in [0.15, 0.2) is 6.04 Å². The van der Waals surface area contributed by atoms with Gasteiger partial charge in [0, 0.05) is 22.9 Å². The Hall–Kier alpha value is -3.72. The van der Waals surface area contributed by atoms with Crippen molar-refractivity contribution >= 4 is 34.5 Å². The summed E-state index contributed by atoms with van der Waals surface area (Å²) >= 11 is 0. The van der Waals surface area contributed by atoms with Gasteiger partial charge in [0.25, 0.3) is 5.91 Å². The van der Waals surface area contributed by atoms with E-state index in [1.807, 2.05) is 13.8 Å². The molecule has 2 aliphatic heterocycles. The highest BCUT2D eigenvalue weighted by atomic mass is 19.1. The van der Waals surface area contributed by atoms with Crippen molar-refractivity contribution in [3.63, 3.8) is 0 Å². The van der Waals surface area contributed by atoms with E-state index in [9.17, 15) is 19.1 Å². The number of fused-ring (bicyclic) bond motifs is 1. The summed E-state index contributed by atoms with van der Waals surface area (Å²) < 4.78 is 24.4. The number of benzene rings is 1. The van der Waals surface area contributed by atoms with Crippen LogP contribution < -0.4 is 10.6 Å². The fourth-order valence-corrected chi connectivity index (χ4v) is 3.91. The van der Waals surface area contributed by atoms with Crippen LogP contribution in [-0.4, -0.2) is 46.8 Å². The number of carbonyl (C=O) groups excluding carboxylic acids is 2. The fourth-order valence-electron chi connectivity index (χ4n) is 3.91. The zero-order chi connectivity index (χ0) is 23.9. The summed E-state index contributed by atoms with van der Waals surface area (Å²) in [4.78, 5) is 28.8. The Morgan fingerprint density at radius 1 is 1.30 bits per heavy atom. The monoisotopic (exact) mass is 453 g/mol. The molecule has 172 valence electrons. The van der Waals surface area contributed by atoms with E-state index >= 15 is 0 Å². The second kappa shape index (κ2) is 8.32. The van der Waals surface area contributed by atoms with Gasteiger partial charge in [-0.25, -0.2) is 14.2 Å². The Morgan fingerprint density at radius 3 is 2.70 bits per heavy atom. The molecule has 1 aromatic carbocycles. The number of hydrogen-bond donors (Lipinski definition) is 3. The number of aliphatic hydroxyl groups is 1. The van der Waals surface area contributed by atoms with E-state index in [-0.39, 0.29) is 5.91 Å². The molecule has 0 saturated carbocycles. The van der Waals surface area contributed by atoms with Gasteiger partial charge < -0.3 is 25.2 Å². The van der Waals surface area contributed by atoms with Crippen LogP contribution in [0, 0.1) is 5.82 Å². The number of hydrogen-bond acceptors (Lipinski definition) is 7. The summed E-state index contributed by atoms with van der Waals surface area (Å²) in [5.41, 5.74) is 2.13. The lowest BCUT2D eigenvalue weighted by Crippen LogP contribution is -2.40. The molecule has 0 fully saturated rings. The summed E-state index contributed by atoms with van der Waals surface area (Å²) in [7, 11) is 1.25. The van der Waals surface area contributed by atoms with Gasteiger partial charge in [-0.05, 0) is 57.2 Å². The molecule has 33 heavy (non-hydrogen) atoms. The number of anilines is 2. The molecule has 1 amide bonds. The van der Waals surface area contributed by atoms with Crippen LogP contribution in [-0.2, 0) is 19.1 Å². The Bertz CT molecular complexity index is 1190. The molecule has 9 heteroatoms. The van der Waals surface area contributed by atoms with Gasteiger partial charge >= 0.3 is 5.97 Å². The molecule has 2 aromatic rings. The molecular formula is C24H24FN3O5. The lowest BCUT2D eigenvalue weighted by molar-refractivity contribution is -0.143. The van der Waals surface area contributed by atoms with E-state index in [4.69, 9.17) is 9.47 Å². The number of allylic oxidation sites excluding steroid dienone is 1. The Labute approximate surface area is 190 Å². The lowest BCUT2D eigenvalue weighted by atomic mass is 9.93. The predicted molar refractivity (Wildman–Crippen MR) is 120 cm³/mol. The molecule has 0 spiro atoms. The normalized spacial score (nSPS) is 20.3. The third kappa shape index (κ3) is 4.19. The SMILES string of the molecule is COC(=O)[C@@H](Nc1ccc(C2=C/C(=C3\C(=O)Nc4cc(F)ccc43)OC2(C)C)cn1)[C@@H](C)O. The van der Waals surface area contributed by atoms with Crippen molar-refractivity contribution < 1.29 is 28.6 Å². The average molecular weight is 453 g/mol. The van der Waals surface area contributed by atoms with Gasteiger partial charge in [0.2, 0.25) is 0 Å². The number of methoxy groups -OCH3 is 1. The highest BCUT2D eigenvalue weighted by Crippen LogP contribution is 2.44. The number of nitrogens with zero attached hydrogens (tertiary/aromatic N) is 1. The molecule has 0 saturated heterocycles. The Kier molecular flexibility index (Phi) is 5.67. The van der Waals surface area contributed by atoms with Crippen LogP contribution in [0.4, 0.5) is 15.9 Å². The van der Waals surface area contributed by atoms with Crippen LogP contribution >= 0.6 is 0 Å². The van der Waals surface area contributed by atoms with Crippen LogP contribution in [0.25, 0.3) is 11.1 Å².